The summed E-state index contributed by atoms with van der Waals surface area (Å²) in [5.41, 5.74) is 4.89. The Hall–Kier alpha value is -3.25. The minimum Gasteiger partial charge on any atom is -0.421 e. The fourth-order valence-electron chi connectivity index (χ4n) is 4.21. The first kappa shape index (κ1) is 20.6. The second-order valence-electron chi connectivity index (χ2n) is 8.12. The van der Waals surface area contributed by atoms with Crippen molar-refractivity contribution in [2.75, 3.05) is 0 Å². The van der Waals surface area contributed by atoms with E-state index in [2.05, 4.69) is 45.2 Å². The third-order valence-corrected chi connectivity index (χ3v) is 6.83. The van der Waals surface area contributed by atoms with Crippen LogP contribution in [0.4, 0.5) is 0 Å². The number of nitrogens with one attached hydrogen (secondary N) is 1. The summed E-state index contributed by atoms with van der Waals surface area (Å²) in [6.45, 7) is 0. The van der Waals surface area contributed by atoms with Gasteiger partial charge in [-0.05, 0) is 66.0 Å². The molecular weight excluding hydrogens is 418 g/mol. The Kier molecular flexibility index (Phi) is 6.12. The van der Waals surface area contributed by atoms with Gasteiger partial charge in [-0.25, -0.2) is 0 Å². The van der Waals surface area contributed by atoms with E-state index in [-0.39, 0.29) is 11.9 Å². The molecular formula is C26H25N3O2S. The van der Waals surface area contributed by atoms with E-state index in [9.17, 15) is 4.79 Å². The molecule has 32 heavy (non-hydrogen) atoms. The van der Waals surface area contributed by atoms with Gasteiger partial charge in [0.15, 0.2) is 0 Å². The fraction of sp³-hybridized carbons (Fsp3) is 0.269. The molecule has 2 aromatic carbocycles. The van der Waals surface area contributed by atoms with Gasteiger partial charge in [0.25, 0.3) is 0 Å². The number of nitrogens with zero attached hydrogens (tertiary/aromatic N) is 2. The van der Waals surface area contributed by atoms with Gasteiger partial charge in [-0.15, -0.1) is 21.5 Å². The van der Waals surface area contributed by atoms with Gasteiger partial charge in [-0.2, -0.15) is 0 Å². The average Bonchev–Trinajstić information content (AvgIpc) is 3.54. The zero-order valence-corrected chi connectivity index (χ0v) is 18.6. The molecule has 0 fully saturated rings. The van der Waals surface area contributed by atoms with Gasteiger partial charge >= 0.3 is 0 Å². The summed E-state index contributed by atoms with van der Waals surface area (Å²) in [4.78, 5) is 14.0. The normalized spacial score (nSPS) is 14.0. The third kappa shape index (κ3) is 4.65. The molecule has 0 saturated carbocycles. The van der Waals surface area contributed by atoms with E-state index >= 15 is 0 Å². The Morgan fingerprint density at radius 1 is 1.00 bits per heavy atom. The van der Waals surface area contributed by atoms with Crippen LogP contribution in [-0.2, 0) is 24.1 Å². The van der Waals surface area contributed by atoms with Crippen molar-refractivity contribution in [2.24, 2.45) is 0 Å². The maximum Gasteiger partial charge on any atom is 0.247 e. The van der Waals surface area contributed by atoms with Crippen molar-refractivity contribution in [3.8, 4) is 11.5 Å². The Labute approximate surface area is 191 Å². The van der Waals surface area contributed by atoms with Crippen molar-refractivity contribution in [3.05, 3.63) is 93.5 Å². The number of hydrogen-bond acceptors (Lipinski definition) is 5. The van der Waals surface area contributed by atoms with E-state index in [0.29, 0.717) is 24.6 Å². The molecule has 1 atom stereocenters. The fourth-order valence-corrected chi connectivity index (χ4v) is 5.02. The molecule has 0 aliphatic heterocycles. The van der Waals surface area contributed by atoms with Crippen molar-refractivity contribution >= 4 is 17.2 Å². The molecule has 162 valence electrons. The highest BCUT2D eigenvalue weighted by Gasteiger charge is 2.20. The van der Waals surface area contributed by atoms with Gasteiger partial charge in [-0.1, -0.05) is 42.5 Å². The Bertz CT molecular complexity index is 1190. The number of carbonyl (C=O) groups excluding carboxylic acids is 1. The largest absolute Gasteiger partial charge is 0.421 e. The minimum atomic E-state index is -0.141. The number of aromatic nitrogens is 2. The molecule has 1 aliphatic rings. The number of aryl methyl sites for hydroxylation is 3. The van der Waals surface area contributed by atoms with E-state index < -0.39 is 0 Å². The van der Waals surface area contributed by atoms with Crippen LogP contribution in [-0.4, -0.2) is 16.1 Å². The Morgan fingerprint density at radius 3 is 2.66 bits per heavy atom. The van der Waals surface area contributed by atoms with Gasteiger partial charge in [-0.3, -0.25) is 4.79 Å². The van der Waals surface area contributed by atoms with Gasteiger partial charge in [0.1, 0.15) is 0 Å². The lowest BCUT2D eigenvalue weighted by Gasteiger charge is -2.22. The van der Waals surface area contributed by atoms with Crippen LogP contribution in [0, 0.1) is 0 Å². The quantitative estimate of drug-likeness (QED) is 0.409. The molecule has 4 aromatic rings. The summed E-state index contributed by atoms with van der Waals surface area (Å²) in [5.74, 6) is 0.924. The number of rotatable bonds is 7. The highest BCUT2D eigenvalue weighted by Crippen LogP contribution is 2.30. The summed E-state index contributed by atoms with van der Waals surface area (Å²) in [6.07, 6.45) is 5.48. The number of hydrogen-bond donors (Lipinski definition) is 1. The van der Waals surface area contributed by atoms with Gasteiger partial charge in [0.05, 0.1) is 6.04 Å². The molecule has 1 aliphatic carbocycles. The van der Waals surface area contributed by atoms with Crippen LogP contribution < -0.4 is 5.32 Å². The molecule has 2 aromatic heterocycles. The van der Waals surface area contributed by atoms with Gasteiger partial charge in [0.2, 0.25) is 17.7 Å². The first-order valence-electron chi connectivity index (χ1n) is 11.1. The van der Waals surface area contributed by atoms with Crippen molar-refractivity contribution in [3.63, 3.8) is 0 Å². The minimum absolute atomic E-state index is 0.0272. The topological polar surface area (TPSA) is 68.0 Å². The van der Waals surface area contributed by atoms with Crippen LogP contribution in [0.25, 0.3) is 11.5 Å². The standard InChI is InChI=1S/C26H25N3O2S/c30-23(14-15-24-28-29-26(31-24)19-8-2-1-3-9-19)27-25(22-11-6-16-32-22)21-13-12-18-7-4-5-10-20(18)17-21/h1-3,6,8-9,11-13,16-17,25H,4-5,7,10,14-15H2,(H,27,30). The third-order valence-electron chi connectivity index (χ3n) is 5.89. The Balaban J connectivity index is 1.27. The second kappa shape index (κ2) is 9.49. The first-order valence-corrected chi connectivity index (χ1v) is 12.0. The summed E-state index contributed by atoms with van der Waals surface area (Å²) in [5, 5.41) is 13.5. The number of thiophene rings is 1. The number of benzene rings is 2. The zero-order chi connectivity index (χ0) is 21.8. The van der Waals surface area contributed by atoms with Crippen LogP contribution in [0.3, 0.4) is 0 Å². The maximum absolute atomic E-state index is 12.9. The predicted octanol–water partition coefficient (Wildman–Crippen LogP) is 5.52. The molecule has 1 unspecified atom stereocenters. The Morgan fingerprint density at radius 2 is 1.84 bits per heavy atom. The number of amides is 1. The second-order valence-corrected chi connectivity index (χ2v) is 9.10. The number of carbonyl (C=O) groups is 1. The summed E-state index contributed by atoms with van der Waals surface area (Å²) in [6, 6.07) is 20.3. The zero-order valence-electron chi connectivity index (χ0n) is 17.8. The highest BCUT2D eigenvalue weighted by molar-refractivity contribution is 7.10. The first-order chi connectivity index (χ1) is 15.8. The van der Waals surface area contributed by atoms with Crippen LogP contribution in [0.2, 0.25) is 0 Å². The monoisotopic (exact) mass is 443 g/mol. The van der Waals surface area contributed by atoms with Crippen LogP contribution >= 0.6 is 11.3 Å². The number of fused-ring (bicyclic) bond motifs is 1. The molecule has 0 saturated heterocycles. The lowest BCUT2D eigenvalue weighted by atomic mass is 9.89. The average molecular weight is 444 g/mol. The summed E-state index contributed by atoms with van der Waals surface area (Å²) < 4.78 is 5.74. The van der Waals surface area contributed by atoms with E-state index in [4.69, 9.17) is 4.42 Å². The summed E-state index contributed by atoms with van der Waals surface area (Å²) >= 11 is 1.67. The van der Waals surface area contributed by atoms with Gasteiger partial charge < -0.3 is 9.73 Å². The van der Waals surface area contributed by atoms with Gasteiger partial charge in [0, 0.05) is 23.3 Å². The van der Waals surface area contributed by atoms with Crippen LogP contribution in [0.15, 0.2) is 70.5 Å². The SMILES string of the molecule is O=C(CCc1nnc(-c2ccccc2)o1)NC(c1ccc2c(c1)CCCC2)c1cccs1. The van der Waals surface area contributed by atoms with E-state index in [1.54, 1.807) is 11.3 Å². The molecule has 2 heterocycles. The molecule has 0 radical (unpaired) electrons. The molecule has 1 N–H and O–H groups in total. The molecule has 0 bridgehead atoms. The molecule has 0 spiro atoms. The lowest BCUT2D eigenvalue weighted by molar-refractivity contribution is -0.121. The predicted molar refractivity (Wildman–Crippen MR) is 125 cm³/mol. The van der Waals surface area contributed by atoms with Crippen molar-refractivity contribution in [1.82, 2.24) is 15.5 Å². The maximum atomic E-state index is 12.9. The van der Waals surface area contributed by atoms with Crippen LogP contribution in [0.1, 0.15) is 52.8 Å². The molecule has 1 amide bonds. The van der Waals surface area contributed by atoms with E-state index in [1.165, 1.54) is 24.0 Å². The van der Waals surface area contributed by atoms with Crippen LogP contribution in [0.5, 0.6) is 0 Å². The van der Waals surface area contributed by atoms with Crippen molar-refractivity contribution < 1.29 is 9.21 Å². The smallest absolute Gasteiger partial charge is 0.247 e. The lowest BCUT2D eigenvalue weighted by Crippen LogP contribution is -2.29. The van der Waals surface area contributed by atoms with E-state index in [1.807, 2.05) is 36.4 Å². The molecule has 5 rings (SSSR count). The van der Waals surface area contributed by atoms with Crippen molar-refractivity contribution in [1.29, 1.82) is 0 Å². The summed E-state index contributed by atoms with van der Waals surface area (Å²) in [7, 11) is 0. The molecule has 6 heteroatoms. The molecule has 5 nitrogen and oxygen atoms in total. The van der Waals surface area contributed by atoms with Crippen molar-refractivity contribution in [2.45, 2.75) is 44.6 Å². The highest BCUT2D eigenvalue weighted by atomic mass is 32.1. The van der Waals surface area contributed by atoms with E-state index in [0.717, 1.165) is 28.8 Å².